The molecule has 162 valence electrons. The largest absolute Gasteiger partial charge is 0.381 e. The van der Waals surface area contributed by atoms with Crippen LogP contribution in [0.1, 0.15) is 79.8 Å². The number of amides is 1. The Morgan fingerprint density at radius 2 is 2.03 bits per heavy atom. The zero-order valence-corrected chi connectivity index (χ0v) is 18.3. The van der Waals surface area contributed by atoms with Gasteiger partial charge >= 0.3 is 0 Å². The zero-order valence-electron chi connectivity index (χ0n) is 18.3. The van der Waals surface area contributed by atoms with Gasteiger partial charge in [-0.1, -0.05) is 13.8 Å². The molecule has 8 nitrogen and oxygen atoms in total. The lowest BCUT2D eigenvalue weighted by Crippen LogP contribution is -2.62. The van der Waals surface area contributed by atoms with Crippen LogP contribution < -0.4 is 5.56 Å². The minimum atomic E-state index is -0.404. The minimum Gasteiger partial charge on any atom is -0.381 e. The van der Waals surface area contributed by atoms with Gasteiger partial charge in [0.2, 0.25) is 0 Å². The third kappa shape index (κ3) is 3.27. The summed E-state index contributed by atoms with van der Waals surface area (Å²) in [6.45, 7) is 10.2. The van der Waals surface area contributed by atoms with Crippen LogP contribution in [0.15, 0.2) is 17.2 Å². The van der Waals surface area contributed by atoms with Crippen LogP contribution in [0, 0.1) is 5.41 Å². The number of hydrogen-bond donors (Lipinski definition) is 1. The highest BCUT2D eigenvalue weighted by Crippen LogP contribution is 2.55. The fourth-order valence-electron chi connectivity index (χ4n) is 5.01. The van der Waals surface area contributed by atoms with E-state index in [1.165, 1.54) is 0 Å². The Hall–Kier alpha value is -2.48. The fourth-order valence-corrected chi connectivity index (χ4v) is 5.01. The van der Waals surface area contributed by atoms with Gasteiger partial charge in [-0.05, 0) is 45.1 Å². The molecule has 1 amide bonds. The smallest absolute Gasteiger partial charge is 0.277 e. The number of nitrogens with one attached hydrogen (secondary N) is 1. The van der Waals surface area contributed by atoms with E-state index in [2.05, 4.69) is 29.1 Å². The summed E-state index contributed by atoms with van der Waals surface area (Å²) in [6.07, 6.45) is 7.00. The molecule has 4 heterocycles. The summed E-state index contributed by atoms with van der Waals surface area (Å²) in [5.74, 6) is -0.204. The van der Waals surface area contributed by atoms with E-state index in [1.54, 1.807) is 0 Å². The van der Waals surface area contributed by atoms with Gasteiger partial charge in [-0.3, -0.25) is 14.3 Å². The third-order valence-corrected chi connectivity index (χ3v) is 6.66. The first-order valence-corrected chi connectivity index (χ1v) is 10.9. The number of carbonyl (C=O) groups is 1. The molecule has 0 aliphatic carbocycles. The van der Waals surface area contributed by atoms with Gasteiger partial charge in [0.15, 0.2) is 0 Å². The van der Waals surface area contributed by atoms with Gasteiger partial charge in [0, 0.05) is 43.0 Å². The Morgan fingerprint density at radius 3 is 2.63 bits per heavy atom. The number of rotatable bonds is 5. The number of carbonyl (C=O) groups excluding carboxylic acids is 1. The van der Waals surface area contributed by atoms with Gasteiger partial charge in [-0.2, -0.15) is 10.2 Å². The zero-order chi connectivity index (χ0) is 21.5. The quantitative estimate of drug-likeness (QED) is 0.813. The molecule has 2 saturated heterocycles. The summed E-state index contributed by atoms with van der Waals surface area (Å²) in [6, 6.07) is 0.152. The third-order valence-electron chi connectivity index (χ3n) is 6.66. The molecular weight excluding hydrogens is 382 g/mol. The standard InChI is InChI=1S/C22H31N5O3/c1-5-16-17(6-2)24-25-20(28)18(16)21(29)26-13-22(7-9-30-10-8-22)19(26)15-11-23-27(12-15)14(3)4/h11-12,14,19H,5-10,13H2,1-4H3,(H,25,28). The SMILES string of the molecule is CCc1n[nH]c(=O)c(C(=O)N2CC3(CCOCC3)C2c2cnn(C(C)C)c2)c1CC. The van der Waals surface area contributed by atoms with Crippen molar-refractivity contribution in [3.63, 3.8) is 0 Å². The minimum absolute atomic E-state index is 0.0154. The molecule has 2 aliphatic heterocycles. The first-order chi connectivity index (χ1) is 14.4. The molecule has 1 spiro atoms. The normalized spacial score (nSPS) is 20.6. The van der Waals surface area contributed by atoms with E-state index in [1.807, 2.05) is 35.8 Å². The molecule has 0 saturated carbocycles. The molecule has 1 N–H and O–H groups in total. The van der Waals surface area contributed by atoms with Crippen molar-refractivity contribution in [3.05, 3.63) is 45.1 Å². The first kappa shape index (κ1) is 20.8. The molecule has 8 heteroatoms. The van der Waals surface area contributed by atoms with Crippen LogP contribution >= 0.6 is 0 Å². The predicted molar refractivity (Wildman–Crippen MR) is 112 cm³/mol. The van der Waals surface area contributed by atoms with Crippen molar-refractivity contribution in [1.82, 2.24) is 24.9 Å². The summed E-state index contributed by atoms with van der Waals surface area (Å²) in [5.41, 5.74) is 2.40. The molecule has 0 bridgehead atoms. The highest BCUT2D eigenvalue weighted by Gasteiger charge is 2.56. The Morgan fingerprint density at radius 1 is 1.30 bits per heavy atom. The monoisotopic (exact) mass is 413 g/mol. The molecular formula is C22H31N5O3. The average Bonchev–Trinajstić information content (AvgIpc) is 3.21. The van der Waals surface area contributed by atoms with E-state index in [-0.39, 0.29) is 29.0 Å². The predicted octanol–water partition coefficient (Wildman–Crippen LogP) is 2.67. The summed E-state index contributed by atoms with van der Waals surface area (Å²) in [4.78, 5) is 28.2. The molecule has 4 rings (SSSR count). The molecule has 2 fully saturated rings. The molecule has 30 heavy (non-hydrogen) atoms. The van der Waals surface area contributed by atoms with Crippen molar-refractivity contribution < 1.29 is 9.53 Å². The lowest BCUT2D eigenvalue weighted by molar-refractivity contribution is -0.115. The number of aromatic nitrogens is 4. The van der Waals surface area contributed by atoms with Crippen LogP contribution in [0.5, 0.6) is 0 Å². The van der Waals surface area contributed by atoms with Crippen molar-refractivity contribution in [2.45, 2.75) is 65.5 Å². The Bertz CT molecular complexity index is 987. The van der Waals surface area contributed by atoms with Gasteiger partial charge in [-0.25, -0.2) is 5.10 Å². The molecule has 0 radical (unpaired) electrons. The van der Waals surface area contributed by atoms with Crippen LogP contribution in [0.4, 0.5) is 0 Å². The van der Waals surface area contributed by atoms with E-state index >= 15 is 0 Å². The van der Waals surface area contributed by atoms with Crippen LogP contribution in [-0.4, -0.2) is 50.5 Å². The van der Waals surface area contributed by atoms with Gasteiger partial charge in [0.05, 0.1) is 17.9 Å². The van der Waals surface area contributed by atoms with Crippen LogP contribution in [0.2, 0.25) is 0 Å². The van der Waals surface area contributed by atoms with Crippen LogP contribution in [0.25, 0.3) is 0 Å². The van der Waals surface area contributed by atoms with Crippen molar-refractivity contribution in [3.8, 4) is 0 Å². The summed E-state index contributed by atoms with van der Waals surface area (Å²) in [7, 11) is 0. The number of H-pyrrole nitrogens is 1. The maximum atomic E-state index is 13.7. The average molecular weight is 414 g/mol. The number of likely N-dealkylation sites (tertiary alicyclic amines) is 1. The highest BCUT2D eigenvalue weighted by atomic mass is 16.5. The molecule has 2 aliphatic rings. The Kier molecular flexibility index (Phi) is 5.53. The molecule has 1 atom stereocenters. The van der Waals surface area contributed by atoms with Crippen LogP contribution in [0.3, 0.4) is 0 Å². The molecule has 1 unspecified atom stereocenters. The van der Waals surface area contributed by atoms with E-state index in [9.17, 15) is 9.59 Å². The van der Waals surface area contributed by atoms with Crippen molar-refractivity contribution in [2.24, 2.45) is 5.41 Å². The van der Waals surface area contributed by atoms with Crippen LogP contribution in [-0.2, 0) is 17.6 Å². The lowest BCUT2D eigenvalue weighted by Gasteiger charge is -2.59. The number of nitrogens with zero attached hydrogens (tertiary/aromatic N) is 4. The number of aryl methyl sites for hydroxylation is 1. The van der Waals surface area contributed by atoms with Crippen molar-refractivity contribution in [1.29, 1.82) is 0 Å². The lowest BCUT2D eigenvalue weighted by atomic mass is 9.64. The van der Waals surface area contributed by atoms with E-state index in [4.69, 9.17) is 4.74 Å². The Labute approximate surface area is 176 Å². The first-order valence-electron chi connectivity index (χ1n) is 10.9. The number of hydrogen-bond acceptors (Lipinski definition) is 5. The van der Waals surface area contributed by atoms with Gasteiger partial charge in [-0.15, -0.1) is 0 Å². The van der Waals surface area contributed by atoms with Gasteiger partial charge in [0.1, 0.15) is 5.56 Å². The second-order valence-electron chi connectivity index (χ2n) is 8.72. The highest BCUT2D eigenvalue weighted by molar-refractivity contribution is 5.96. The van der Waals surface area contributed by atoms with E-state index in [0.29, 0.717) is 32.6 Å². The van der Waals surface area contributed by atoms with Crippen molar-refractivity contribution in [2.75, 3.05) is 19.8 Å². The second-order valence-corrected chi connectivity index (χ2v) is 8.72. The number of ether oxygens (including phenoxy) is 1. The Balaban J connectivity index is 1.74. The fraction of sp³-hybridized carbons (Fsp3) is 0.636. The molecule has 2 aromatic rings. The van der Waals surface area contributed by atoms with E-state index in [0.717, 1.165) is 29.7 Å². The van der Waals surface area contributed by atoms with Gasteiger partial charge in [0.25, 0.3) is 11.5 Å². The maximum absolute atomic E-state index is 13.7. The maximum Gasteiger partial charge on any atom is 0.277 e. The number of aromatic amines is 1. The topological polar surface area (TPSA) is 93.1 Å². The molecule has 2 aromatic heterocycles. The second kappa shape index (κ2) is 7.98. The summed E-state index contributed by atoms with van der Waals surface area (Å²) in [5, 5.41) is 11.2. The van der Waals surface area contributed by atoms with Gasteiger partial charge < -0.3 is 9.64 Å². The summed E-state index contributed by atoms with van der Waals surface area (Å²) < 4.78 is 7.53. The summed E-state index contributed by atoms with van der Waals surface area (Å²) >= 11 is 0. The van der Waals surface area contributed by atoms with Crippen molar-refractivity contribution >= 4 is 5.91 Å². The molecule has 0 aromatic carbocycles. The van der Waals surface area contributed by atoms with E-state index < -0.39 is 5.56 Å².